The topological polar surface area (TPSA) is 100 Å². The van der Waals surface area contributed by atoms with Gasteiger partial charge >= 0.3 is 6.09 Å². The number of piperidine rings is 1. The monoisotopic (exact) mass is 295 g/mol. The molecule has 1 aromatic heterocycles. The number of aryl methyl sites for hydroxylation is 1. The molecule has 0 aliphatic carbocycles. The lowest BCUT2D eigenvalue weighted by atomic mass is 9.98. The van der Waals surface area contributed by atoms with Crippen molar-refractivity contribution in [3.63, 3.8) is 0 Å². The summed E-state index contributed by atoms with van der Waals surface area (Å²) in [5.41, 5.74) is 0. The fourth-order valence-electron chi connectivity index (χ4n) is 2.46. The first kappa shape index (κ1) is 15.3. The highest BCUT2D eigenvalue weighted by Crippen LogP contribution is 2.17. The van der Waals surface area contributed by atoms with E-state index in [0.717, 1.165) is 12.8 Å². The van der Waals surface area contributed by atoms with Crippen LogP contribution in [-0.2, 0) is 11.3 Å². The highest BCUT2D eigenvalue weighted by molar-refractivity contribution is 5.85. The van der Waals surface area contributed by atoms with Gasteiger partial charge in [-0.15, -0.1) is 0 Å². The van der Waals surface area contributed by atoms with Crippen LogP contribution in [0.1, 0.15) is 26.2 Å². The summed E-state index contributed by atoms with van der Waals surface area (Å²) in [6.07, 6.45) is 4.18. The number of rotatable bonds is 5. The normalized spacial score (nSPS) is 17.5. The maximum Gasteiger partial charge on any atom is 0.405 e. The van der Waals surface area contributed by atoms with Crippen LogP contribution in [0.15, 0.2) is 12.4 Å². The fourth-order valence-corrected chi connectivity index (χ4v) is 2.46. The average Bonchev–Trinajstić information content (AvgIpc) is 2.96. The maximum atomic E-state index is 12.4. The number of nitrogens with one attached hydrogen (secondary N) is 1. The number of carbonyl (C=O) groups excluding carboxylic acids is 1. The Bertz CT molecular complexity index is 468. The summed E-state index contributed by atoms with van der Waals surface area (Å²) in [6, 6.07) is -0.748. The molecule has 2 N–H and O–H groups in total. The smallest absolute Gasteiger partial charge is 0.405 e. The molecule has 1 saturated heterocycles. The average molecular weight is 295 g/mol. The quantitative estimate of drug-likeness (QED) is 0.827. The van der Waals surface area contributed by atoms with Gasteiger partial charge in [-0.3, -0.25) is 4.79 Å². The van der Waals surface area contributed by atoms with Crippen LogP contribution in [0.25, 0.3) is 0 Å². The van der Waals surface area contributed by atoms with E-state index in [-0.39, 0.29) is 5.91 Å². The number of likely N-dealkylation sites (tertiary alicyclic amines) is 1. The Morgan fingerprint density at radius 1 is 1.33 bits per heavy atom. The van der Waals surface area contributed by atoms with Gasteiger partial charge in [-0.05, 0) is 25.2 Å². The van der Waals surface area contributed by atoms with Crippen molar-refractivity contribution in [1.82, 2.24) is 25.2 Å². The molecule has 8 nitrogen and oxygen atoms in total. The number of carboxylic acid groups (broad SMARTS) is 1. The largest absolute Gasteiger partial charge is 0.465 e. The summed E-state index contributed by atoms with van der Waals surface area (Å²) in [6.45, 7) is 3.95. The van der Waals surface area contributed by atoms with Gasteiger partial charge in [0.1, 0.15) is 6.04 Å². The summed E-state index contributed by atoms with van der Waals surface area (Å²) in [4.78, 5) is 26.5. The van der Waals surface area contributed by atoms with Gasteiger partial charge in [0.25, 0.3) is 0 Å². The zero-order valence-corrected chi connectivity index (χ0v) is 12.1. The Morgan fingerprint density at radius 2 is 1.95 bits per heavy atom. The predicted molar refractivity (Wildman–Crippen MR) is 74.6 cm³/mol. The van der Waals surface area contributed by atoms with Crippen LogP contribution in [0.4, 0.5) is 4.79 Å². The second-order valence-electron chi connectivity index (χ2n) is 5.42. The van der Waals surface area contributed by atoms with Crippen molar-refractivity contribution in [3.05, 3.63) is 12.4 Å². The van der Waals surface area contributed by atoms with Crippen LogP contribution in [-0.4, -0.2) is 56.1 Å². The van der Waals surface area contributed by atoms with Crippen molar-refractivity contribution in [1.29, 1.82) is 0 Å². The molecule has 1 fully saturated rings. The van der Waals surface area contributed by atoms with Crippen LogP contribution >= 0.6 is 0 Å². The number of hydrogen-bond acceptors (Lipinski definition) is 4. The van der Waals surface area contributed by atoms with Gasteiger partial charge < -0.3 is 15.3 Å². The van der Waals surface area contributed by atoms with Crippen molar-refractivity contribution in [2.24, 2.45) is 5.92 Å². The lowest BCUT2D eigenvalue weighted by Crippen LogP contribution is -2.50. The van der Waals surface area contributed by atoms with E-state index in [1.807, 2.05) is 0 Å². The molecule has 116 valence electrons. The third-order valence-electron chi connectivity index (χ3n) is 3.78. The number of amides is 2. The third kappa shape index (κ3) is 4.44. The van der Waals surface area contributed by atoms with E-state index >= 15 is 0 Å². The number of nitrogens with zero attached hydrogens (tertiary/aromatic N) is 4. The molecule has 1 aliphatic rings. The Kier molecular flexibility index (Phi) is 5.13. The molecule has 8 heteroatoms. The van der Waals surface area contributed by atoms with Crippen molar-refractivity contribution < 1.29 is 14.7 Å². The van der Waals surface area contributed by atoms with Crippen molar-refractivity contribution >= 4 is 12.0 Å². The first-order valence-electron chi connectivity index (χ1n) is 7.18. The van der Waals surface area contributed by atoms with Gasteiger partial charge in [-0.25, -0.2) is 4.79 Å². The van der Waals surface area contributed by atoms with E-state index in [1.54, 1.807) is 17.3 Å². The molecule has 21 heavy (non-hydrogen) atoms. The third-order valence-corrected chi connectivity index (χ3v) is 3.78. The van der Waals surface area contributed by atoms with E-state index in [4.69, 9.17) is 5.11 Å². The van der Waals surface area contributed by atoms with Gasteiger partial charge in [0, 0.05) is 13.1 Å². The second kappa shape index (κ2) is 7.05. The van der Waals surface area contributed by atoms with Crippen LogP contribution in [0, 0.1) is 5.92 Å². The zero-order valence-electron chi connectivity index (χ0n) is 12.1. The minimum atomic E-state index is -1.19. The number of carbonyl (C=O) groups is 2. The summed E-state index contributed by atoms with van der Waals surface area (Å²) in [7, 11) is 0. The molecule has 1 atom stereocenters. The first-order valence-corrected chi connectivity index (χ1v) is 7.18. The number of aromatic nitrogens is 3. The van der Waals surface area contributed by atoms with Gasteiger partial charge in [0.2, 0.25) is 5.91 Å². The molecule has 2 rings (SSSR count). The molecule has 2 heterocycles. The molecular formula is C13H21N5O3. The molecule has 1 aliphatic heterocycles. The minimum absolute atomic E-state index is 0.156. The predicted octanol–water partition coefficient (Wildman–Crippen LogP) is 0.563. The van der Waals surface area contributed by atoms with Crippen LogP contribution in [0.3, 0.4) is 0 Å². The zero-order chi connectivity index (χ0) is 15.2. The lowest BCUT2D eigenvalue weighted by molar-refractivity contribution is -0.134. The Morgan fingerprint density at radius 3 is 2.52 bits per heavy atom. The Balaban J connectivity index is 1.94. The molecule has 2 amide bonds. The molecule has 1 unspecified atom stereocenters. The highest BCUT2D eigenvalue weighted by atomic mass is 16.4. The Labute approximate surface area is 123 Å². The van der Waals surface area contributed by atoms with E-state index in [0.29, 0.717) is 32.0 Å². The van der Waals surface area contributed by atoms with Crippen LogP contribution in [0.5, 0.6) is 0 Å². The van der Waals surface area contributed by atoms with Crippen molar-refractivity contribution in [2.45, 2.75) is 38.8 Å². The van der Waals surface area contributed by atoms with Gasteiger partial charge in [-0.2, -0.15) is 15.0 Å². The van der Waals surface area contributed by atoms with E-state index in [9.17, 15) is 9.59 Å². The van der Waals surface area contributed by atoms with Gasteiger partial charge in [-0.1, -0.05) is 6.92 Å². The summed E-state index contributed by atoms with van der Waals surface area (Å²) >= 11 is 0. The van der Waals surface area contributed by atoms with Crippen LogP contribution < -0.4 is 5.32 Å². The minimum Gasteiger partial charge on any atom is -0.465 e. The van der Waals surface area contributed by atoms with Crippen molar-refractivity contribution in [3.8, 4) is 0 Å². The molecule has 0 bridgehead atoms. The molecule has 0 aromatic carbocycles. The van der Waals surface area contributed by atoms with E-state index in [1.165, 1.54) is 4.80 Å². The lowest BCUT2D eigenvalue weighted by Gasteiger charge is -2.32. The molecule has 0 radical (unpaired) electrons. The summed E-state index contributed by atoms with van der Waals surface area (Å²) in [5, 5.41) is 19.1. The summed E-state index contributed by atoms with van der Waals surface area (Å²) < 4.78 is 0. The van der Waals surface area contributed by atoms with E-state index in [2.05, 4.69) is 22.4 Å². The summed E-state index contributed by atoms with van der Waals surface area (Å²) in [5.74, 6) is 0.463. The standard InChI is InChI=1S/C13H21N5O3/c1-10-2-7-17(8-3-10)12(19)11(16-13(20)21)4-9-18-14-5-6-15-18/h5-6,10-11,16H,2-4,7-9H2,1H3,(H,20,21). The van der Waals surface area contributed by atoms with Crippen molar-refractivity contribution in [2.75, 3.05) is 13.1 Å². The molecule has 1 aromatic rings. The van der Waals surface area contributed by atoms with Crippen LogP contribution in [0.2, 0.25) is 0 Å². The Hall–Kier alpha value is -2.12. The number of hydrogen-bond donors (Lipinski definition) is 2. The first-order chi connectivity index (χ1) is 10.1. The second-order valence-corrected chi connectivity index (χ2v) is 5.42. The molecule has 0 spiro atoms. The van der Waals surface area contributed by atoms with E-state index < -0.39 is 12.1 Å². The fraction of sp³-hybridized carbons (Fsp3) is 0.692. The van der Waals surface area contributed by atoms with Gasteiger partial charge in [0.15, 0.2) is 0 Å². The molecular weight excluding hydrogens is 274 g/mol. The van der Waals surface area contributed by atoms with Gasteiger partial charge in [0.05, 0.1) is 18.9 Å². The highest BCUT2D eigenvalue weighted by Gasteiger charge is 2.28. The SMILES string of the molecule is CC1CCN(C(=O)C(CCn2nccn2)NC(=O)O)CC1. The maximum absolute atomic E-state index is 12.4. The molecule has 0 saturated carbocycles.